The predicted octanol–water partition coefficient (Wildman–Crippen LogP) is -1.38. The van der Waals surface area contributed by atoms with E-state index in [9.17, 15) is 19.5 Å². The van der Waals surface area contributed by atoms with Gasteiger partial charge in [0.2, 0.25) is 0 Å². The van der Waals surface area contributed by atoms with Crippen molar-refractivity contribution in [1.29, 1.82) is 0 Å². The topological polar surface area (TPSA) is 104 Å². The third-order valence-electron chi connectivity index (χ3n) is 2.12. The van der Waals surface area contributed by atoms with Crippen LogP contribution < -0.4 is 5.11 Å². The first-order valence-corrected chi connectivity index (χ1v) is 5.79. The van der Waals surface area contributed by atoms with Crippen LogP contribution in [-0.2, 0) is 19.1 Å². The van der Waals surface area contributed by atoms with E-state index in [1.54, 1.807) is 0 Å². The van der Waals surface area contributed by atoms with E-state index in [1.165, 1.54) is 14.1 Å². The van der Waals surface area contributed by atoms with Crippen LogP contribution in [0.1, 0.15) is 29.8 Å². The van der Waals surface area contributed by atoms with Gasteiger partial charge in [-0.2, -0.15) is 0 Å². The molecule has 0 rings (SSSR count). The van der Waals surface area contributed by atoms with Gasteiger partial charge in [-0.05, 0) is 6.42 Å². The van der Waals surface area contributed by atoms with Crippen molar-refractivity contribution < 1.29 is 37.9 Å². The fourth-order valence-electron chi connectivity index (χ4n) is 1.47. The molecule has 1 atom stereocenters. The Morgan fingerprint density at radius 3 is 2.40 bits per heavy atom. The Balaban J connectivity index is 0. The van der Waals surface area contributed by atoms with Gasteiger partial charge < -0.3 is 24.2 Å². The van der Waals surface area contributed by atoms with E-state index in [0.29, 0.717) is 0 Å². The Labute approximate surface area is 134 Å². The quantitative estimate of drug-likeness (QED) is 0.318. The van der Waals surface area contributed by atoms with Crippen LogP contribution in [0.5, 0.6) is 0 Å². The summed E-state index contributed by atoms with van der Waals surface area (Å²) >= 11 is 0. The Bertz CT molecular complexity index is 428. The molecule has 0 aromatic rings. The summed E-state index contributed by atoms with van der Waals surface area (Å²) in [6.45, 7) is -2.63. The third-order valence-corrected chi connectivity index (χ3v) is 2.12. The molecule has 0 aliphatic carbocycles. The summed E-state index contributed by atoms with van der Waals surface area (Å²) in [6, 6.07) is 0. The second kappa shape index (κ2) is 9.81. The van der Waals surface area contributed by atoms with E-state index in [4.69, 9.17) is 14.0 Å². The van der Waals surface area contributed by atoms with Crippen molar-refractivity contribution in [1.82, 2.24) is 0 Å². The first-order chi connectivity index (χ1) is 9.85. The molecule has 0 saturated heterocycles. The molecule has 0 aromatic heterocycles. The summed E-state index contributed by atoms with van der Waals surface area (Å²) in [5, 5.41) is 19.2. The normalized spacial score (nSPS) is 15.0. The van der Waals surface area contributed by atoms with E-state index in [-0.39, 0.29) is 44.7 Å². The molecule has 0 fully saturated rings. The van der Waals surface area contributed by atoms with Crippen molar-refractivity contribution in [3.05, 3.63) is 0 Å². The maximum Gasteiger partial charge on any atom is 0.306 e. The number of ether oxygens (including phenoxy) is 1. The summed E-state index contributed by atoms with van der Waals surface area (Å²) in [7, 11) is 2.74. The zero-order chi connectivity index (χ0) is 17.6. The fourth-order valence-corrected chi connectivity index (χ4v) is 1.47. The number of carbonyl (C=O) groups is 3. The van der Waals surface area contributed by atoms with Gasteiger partial charge in [-0.25, -0.2) is 0 Å². The number of hydrogen-bond acceptors (Lipinski definition) is 5. The van der Waals surface area contributed by atoms with Gasteiger partial charge in [0.25, 0.3) is 0 Å². The van der Waals surface area contributed by atoms with Crippen LogP contribution in [0.4, 0.5) is 0 Å². The summed E-state index contributed by atoms with van der Waals surface area (Å²) in [6.07, 6.45) is -2.11. The summed E-state index contributed by atoms with van der Waals surface area (Å²) in [5.74, 6) is -3.29. The zero-order valence-electron chi connectivity index (χ0n) is 15.0. The monoisotopic (exact) mass is 285 g/mol. The van der Waals surface area contributed by atoms with Crippen molar-refractivity contribution in [3.63, 3.8) is 0 Å². The van der Waals surface area contributed by atoms with Gasteiger partial charge >= 0.3 is 11.9 Å². The number of likely N-dealkylation sites (N-methyl/N-ethyl adjacent to an activating group) is 1. The van der Waals surface area contributed by atoms with Gasteiger partial charge in [-0.15, -0.1) is 0 Å². The molecule has 7 nitrogen and oxygen atoms in total. The largest absolute Gasteiger partial charge is 0.550 e. The molecule has 0 bridgehead atoms. The number of nitrogens with zero attached hydrogens (tertiary/aromatic N) is 1. The smallest absolute Gasteiger partial charge is 0.306 e. The molecule has 0 aromatic carbocycles. The number of carboxylic acid groups (broad SMARTS) is 2. The summed E-state index contributed by atoms with van der Waals surface area (Å²) in [5.41, 5.74) is 0. The Kier molecular flexibility index (Phi) is 7.53. The first-order valence-electron chi connectivity index (χ1n) is 7.29. The molecule has 8 heteroatoms. The van der Waals surface area contributed by atoms with Gasteiger partial charge in [0.15, 0.2) is 6.10 Å². The molecular formula is C12H21LiNO6. The number of quaternary nitrogens is 1. The molecule has 111 valence electrons. The number of carboxylic acids is 2. The maximum absolute atomic E-state index is 11.6. The van der Waals surface area contributed by atoms with Gasteiger partial charge in [0.05, 0.1) is 25.2 Å². The number of hydrogen-bond donors (Lipinski definition) is 1. The van der Waals surface area contributed by atoms with E-state index >= 15 is 0 Å². The van der Waals surface area contributed by atoms with Crippen molar-refractivity contribution in [3.8, 4) is 0 Å². The van der Waals surface area contributed by atoms with E-state index < -0.39 is 41.9 Å². The number of esters is 1. The average molecular weight is 285 g/mol. The molecule has 0 aliphatic heterocycles. The van der Waals surface area contributed by atoms with Crippen molar-refractivity contribution >= 4 is 36.8 Å². The van der Waals surface area contributed by atoms with Crippen molar-refractivity contribution in [2.75, 3.05) is 27.6 Å². The fraction of sp³-hybridized carbons (Fsp3) is 0.750. The molecule has 0 unspecified atom stereocenters. The van der Waals surface area contributed by atoms with Crippen molar-refractivity contribution in [2.45, 2.75) is 31.8 Å². The van der Waals surface area contributed by atoms with E-state index in [1.807, 2.05) is 0 Å². The van der Waals surface area contributed by atoms with Crippen LogP contribution in [0, 0.1) is 0 Å². The Morgan fingerprint density at radius 1 is 1.35 bits per heavy atom. The molecule has 0 aliphatic rings. The predicted molar refractivity (Wildman–Crippen MR) is 69.6 cm³/mol. The van der Waals surface area contributed by atoms with E-state index in [0.717, 1.165) is 0 Å². The molecule has 1 radical (unpaired) electrons. The first kappa shape index (κ1) is 15.4. The Hall–Kier alpha value is -1.03. The van der Waals surface area contributed by atoms with Crippen LogP contribution in [-0.4, -0.2) is 80.1 Å². The molecule has 0 heterocycles. The minimum atomic E-state index is -2.40. The number of rotatable bonds is 9. The maximum atomic E-state index is 11.6. The Morgan fingerprint density at radius 2 is 1.95 bits per heavy atom. The molecule has 1 N–H and O–H groups in total. The van der Waals surface area contributed by atoms with Crippen LogP contribution in [0.2, 0.25) is 0 Å². The minimum Gasteiger partial charge on any atom is -0.550 e. The third kappa shape index (κ3) is 13.4. The van der Waals surface area contributed by atoms with Crippen LogP contribution >= 0.6 is 0 Å². The number of carbonyl (C=O) groups excluding carboxylic acids is 2. The second-order valence-electron chi connectivity index (χ2n) is 4.80. The standard InChI is InChI=1S/C12H21NO6.Li/c1-13(2,3)8-9(7-11(16)17)19-12(18)6-4-5-10(14)15;/h9H,4-8H2,1-3H3,(H-,14,15,16,17);/t9-;/m1./s1/i1D3;. The molecule has 0 saturated carbocycles. The van der Waals surface area contributed by atoms with Crippen LogP contribution in [0.15, 0.2) is 0 Å². The molecule has 20 heavy (non-hydrogen) atoms. The van der Waals surface area contributed by atoms with Crippen LogP contribution in [0.3, 0.4) is 0 Å². The molecule has 0 spiro atoms. The van der Waals surface area contributed by atoms with Gasteiger partial charge in [-0.1, -0.05) is 0 Å². The van der Waals surface area contributed by atoms with Gasteiger partial charge in [-0.3, -0.25) is 9.59 Å². The van der Waals surface area contributed by atoms with Gasteiger partial charge in [0, 0.05) is 44.1 Å². The average Bonchev–Trinajstić information content (AvgIpc) is 2.24. The second-order valence-corrected chi connectivity index (χ2v) is 4.80. The summed E-state index contributed by atoms with van der Waals surface area (Å²) in [4.78, 5) is 32.6. The van der Waals surface area contributed by atoms with Crippen molar-refractivity contribution in [2.24, 2.45) is 0 Å². The van der Waals surface area contributed by atoms with Gasteiger partial charge in [0.1, 0.15) is 6.54 Å². The summed E-state index contributed by atoms with van der Waals surface area (Å²) < 4.78 is 26.6. The van der Waals surface area contributed by atoms with Crippen LogP contribution in [0.25, 0.3) is 0 Å². The minimum absolute atomic E-state index is 0. The molecular weight excluding hydrogens is 261 g/mol. The zero-order valence-corrected chi connectivity index (χ0v) is 12.0. The number of aliphatic carboxylic acids is 2. The van der Waals surface area contributed by atoms with E-state index in [2.05, 4.69) is 0 Å². The SMILES string of the molecule is [2H]C([2H])([2H])[N+](C)(C)C[C@@H](CC(=O)[O-])OC(=O)CCCC(=O)O.[Li]. The molecule has 0 amide bonds.